The molecule has 10 nitrogen and oxygen atoms in total. The van der Waals surface area contributed by atoms with Gasteiger partial charge in [-0.2, -0.15) is 4.98 Å². The summed E-state index contributed by atoms with van der Waals surface area (Å²) in [4.78, 5) is 25.4. The molecule has 1 aliphatic rings. The summed E-state index contributed by atoms with van der Waals surface area (Å²) in [7, 11) is 0. The zero-order chi connectivity index (χ0) is 15.9. The van der Waals surface area contributed by atoms with Gasteiger partial charge in [-0.3, -0.25) is 10.1 Å². The van der Waals surface area contributed by atoms with Gasteiger partial charge in [0.2, 0.25) is 11.1 Å². The van der Waals surface area contributed by atoms with Crippen LogP contribution in [-0.2, 0) is 4.79 Å². The summed E-state index contributed by atoms with van der Waals surface area (Å²) in [5.41, 5.74) is -0.100. The molecule has 0 fully saturated rings. The Balaban J connectivity index is 2.08. The van der Waals surface area contributed by atoms with Crippen molar-refractivity contribution in [2.45, 2.75) is 11.2 Å². The minimum absolute atomic E-state index is 0.100. The van der Waals surface area contributed by atoms with Gasteiger partial charge in [-0.25, -0.2) is 9.48 Å². The molecule has 114 valence electrons. The summed E-state index contributed by atoms with van der Waals surface area (Å²) in [5.74, 6) is -1.17. The number of aliphatic carboxylic acids is 1. The van der Waals surface area contributed by atoms with Crippen LogP contribution in [0.5, 0.6) is 0 Å². The number of allylic oxidation sites excluding steroid dienone is 1. The Morgan fingerprint density at radius 3 is 2.95 bits per heavy atom. The van der Waals surface area contributed by atoms with Gasteiger partial charge in [-0.05, 0) is 18.4 Å². The second kappa shape index (κ2) is 5.18. The fourth-order valence-electron chi connectivity index (χ4n) is 1.99. The number of carboxylic acid groups (broad SMARTS) is 1. The van der Waals surface area contributed by atoms with Crippen LogP contribution in [0.25, 0.3) is 0 Å². The van der Waals surface area contributed by atoms with Crippen molar-refractivity contribution in [3.8, 4) is 0 Å². The van der Waals surface area contributed by atoms with E-state index in [0.29, 0.717) is 5.16 Å². The minimum Gasteiger partial charge on any atom is -0.477 e. The fourth-order valence-corrected chi connectivity index (χ4v) is 2.33. The number of carbonyl (C=O) groups is 1. The van der Waals surface area contributed by atoms with Crippen molar-refractivity contribution in [1.82, 2.24) is 14.8 Å². The number of nitrogens with one attached hydrogen (secondary N) is 1. The Morgan fingerprint density at radius 2 is 2.36 bits per heavy atom. The number of furan rings is 1. The highest BCUT2D eigenvalue weighted by molar-refractivity contribution is 7.98. The summed E-state index contributed by atoms with van der Waals surface area (Å²) in [6.07, 6.45) is 3.14. The van der Waals surface area contributed by atoms with E-state index in [1.54, 1.807) is 6.26 Å². The first-order chi connectivity index (χ1) is 10.5. The lowest BCUT2D eigenvalue weighted by molar-refractivity contribution is -0.402. The van der Waals surface area contributed by atoms with Gasteiger partial charge in [0, 0.05) is 0 Å². The third-order valence-electron chi connectivity index (χ3n) is 2.94. The van der Waals surface area contributed by atoms with E-state index in [0.717, 1.165) is 0 Å². The maximum atomic E-state index is 11.2. The van der Waals surface area contributed by atoms with Gasteiger partial charge in [-0.15, -0.1) is 5.10 Å². The van der Waals surface area contributed by atoms with Crippen molar-refractivity contribution in [3.63, 3.8) is 0 Å². The van der Waals surface area contributed by atoms with E-state index in [-0.39, 0.29) is 17.4 Å². The lowest BCUT2D eigenvalue weighted by Crippen LogP contribution is -2.24. The van der Waals surface area contributed by atoms with Crippen molar-refractivity contribution >= 4 is 29.6 Å². The Bertz CT molecular complexity index is 795. The average molecular weight is 323 g/mol. The van der Waals surface area contributed by atoms with Crippen LogP contribution in [0, 0.1) is 10.1 Å². The van der Waals surface area contributed by atoms with Crippen molar-refractivity contribution in [2.75, 3.05) is 11.6 Å². The Hall–Kier alpha value is -2.82. The van der Waals surface area contributed by atoms with Crippen LogP contribution >= 0.6 is 11.8 Å². The van der Waals surface area contributed by atoms with Crippen LogP contribution < -0.4 is 5.32 Å². The molecule has 1 atom stereocenters. The van der Waals surface area contributed by atoms with Gasteiger partial charge in [0.05, 0.1) is 6.07 Å². The van der Waals surface area contributed by atoms with E-state index >= 15 is 0 Å². The first-order valence-corrected chi connectivity index (χ1v) is 7.19. The smallest absolute Gasteiger partial charge is 0.433 e. The number of nitrogens with zero attached hydrogens (tertiary/aromatic N) is 4. The van der Waals surface area contributed by atoms with Gasteiger partial charge in [0.25, 0.3) is 0 Å². The third kappa shape index (κ3) is 2.30. The molecule has 0 radical (unpaired) electrons. The minimum atomic E-state index is -1.17. The van der Waals surface area contributed by atoms with E-state index in [9.17, 15) is 14.9 Å². The van der Waals surface area contributed by atoms with E-state index in [1.807, 2.05) is 0 Å². The molecule has 0 saturated heterocycles. The number of aromatic nitrogens is 3. The highest BCUT2D eigenvalue weighted by Gasteiger charge is 2.30. The van der Waals surface area contributed by atoms with E-state index in [1.165, 1.54) is 34.7 Å². The van der Waals surface area contributed by atoms with Crippen LogP contribution in [0.2, 0.25) is 0 Å². The lowest BCUT2D eigenvalue weighted by atomic mass is 10.1. The highest BCUT2D eigenvalue weighted by atomic mass is 32.2. The molecule has 0 amide bonds. The molecule has 2 aromatic rings. The second-order valence-corrected chi connectivity index (χ2v) is 5.03. The summed E-state index contributed by atoms with van der Waals surface area (Å²) in [6, 6.07) is 1.89. The van der Waals surface area contributed by atoms with Crippen molar-refractivity contribution in [2.24, 2.45) is 0 Å². The van der Waals surface area contributed by atoms with Crippen LogP contribution in [0.15, 0.2) is 33.5 Å². The average Bonchev–Trinajstić information content (AvgIpc) is 3.12. The molecule has 0 bridgehead atoms. The van der Waals surface area contributed by atoms with Gasteiger partial charge in [-0.1, -0.05) is 11.8 Å². The molecular formula is C11H9N5O5S. The first-order valence-electron chi connectivity index (χ1n) is 5.96. The Morgan fingerprint density at radius 1 is 1.59 bits per heavy atom. The molecule has 11 heteroatoms. The number of thioether (sulfide) groups is 1. The molecule has 2 aromatic heterocycles. The van der Waals surface area contributed by atoms with E-state index in [2.05, 4.69) is 15.4 Å². The summed E-state index contributed by atoms with van der Waals surface area (Å²) >= 11 is 1.29. The van der Waals surface area contributed by atoms with Gasteiger partial charge in [0.1, 0.15) is 22.4 Å². The standard InChI is InChI=1S/C11H9N5O5S/c1-22-11-13-10-12-5(9(17)18)4-6(15(10)14-11)7-2-3-8(21-7)16(19)20/h2-4,6H,1H3,(H,17,18)(H,12,13,14). The fraction of sp³-hybridized carbons (Fsp3) is 0.182. The molecule has 0 saturated carbocycles. The zero-order valence-electron chi connectivity index (χ0n) is 11.1. The Kier molecular flexibility index (Phi) is 3.33. The summed E-state index contributed by atoms with van der Waals surface area (Å²) in [6.45, 7) is 0. The maximum Gasteiger partial charge on any atom is 0.433 e. The van der Waals surface area contributed by atoms with E-state index in [4.69, 9.17) is 9.52 Å². The zero-order valence-corrected chi connectivity index (χ0v) is 11.9. The summed E-state index contributed by atoms with van der Waals surface area (Å²) < 4.78 is 6.57. The number of fused-ring (bicyclic) bond motifs is 1. The molecular weight excluding hydrogens is 314 g/mol. The molecule has 0 spiro atoms. The quantitative estimate of drug-likeness (QED) is 0.487. The number of rotatable bonds is 4. The molecule has 22 heavy (non-hydrogen) atoms. The van der Waals surface area contributed by atoms with E-state index < -0.39 is 22.8 Å². The number of hydrogen-bond acceptors (Lipinski definition) is 8. The van der Waals surface area contributed by atoms with Gasteiger partial charge >= 0.3 is 11.9 Å². The SMILES string of the molecule is CSc1nc2n(n1)C(c1ccc([N+](=O)[O-])o1)C=C(C(=O)O)N2. The highest BCUT2D eigenvalue weighted by Crippen LogP contribution is 2.32. The topological polar surface area (TPSA) is 136 Å². The monoisotopic (exact) mass is 323 g/mol. The molecule has 1 aliphatic heterocycles. The maximum absolute atomic E-state index is 11.2. The number of anilines is 1. The predicted molar refractivity (Wildman–Crippen MR) is 74.6 cm³/mol. The number of nitro groups is 1. The Labute approximate surface area is 127 Å². The number of carboxylic acids is 1. The van der Waals surface area contributed by atoms with Crippen LogP contribution in [0.4, 0.5) is 11.8 Å². The predicted octanol–water partition coefficient (Wildman–Crippen LogP) is 1.48. The van der Waals surface area contributed by atoms with Crippen molar-refractivity contribution in [3.05, 3.63) is 39.8 Å². The molecule has 0 aliphatic carbocycles. The molecule has 1 unspecified atom stereocenters. The normalized spacial score (nSPS) is 16.6. The van der Waals surface area contributed by atoms with Crippen molar-refractivity contribution < 1.29 is 19.2 Å². The molecule has 2 N–H and O–H groups in total. The van der Waals surface area contributed by atoms with Crippen LogP contribution in [0.1, 0.15) is 11.8 Å². The summed E-state index contributed by atoms with van der Waals surface area (Å²) in [5, 5.41) is 27.2. The van der Waals surface area contributed by atoms with Crippen molar-refractivity contribution in [1.29, 1.82) is 0 Å². The molecule has 3 rings (SSSR count). The van der Waals surface area contributed by atoms with Gasteiger partial charge in [0.15, 0.2) is 0 Å². The van der Waals surface area contributed by atoms with Crippen LogP contribution in [-0.4, -0.2) is 37.0 Å². The third-order valence-corrected chi connectivity index (χ3v) is 3.48. The first kappa shape index (κ1) is 14.1. The lowest BCUT2D eigenvalue weighted by Gasteiger charge is -2.20. The molecule has 0 aromatic carbocycles. The van der Waals surface area contributed by atoms with Crippen LogP contribution in [0.3, 0.4) is 0 Å². The largest absolute Gasteiger partial charge is 0.477 e. The molecule has 3 heterocycles. The second-order valence-electron chi connectivity index (χ2n) is 4.26. The number of hydrogen-bond donors (Lipinski definition) is 2. The van der Waals surface area contributed by atoms with Gasteiger partial charge < -0.3 is 14.8 Å².